The second-order valence-corrected chi connectivity index (χ2v) is 4.92. The molecule has 0 N–H and O–H groups in total. The van der Waals surface area contributed by atoms with Crippen molar-refractivity contribution in [3.63, 3.8) is 0 Å². The molecule has 1 aliphatic carbocycles. The van der Waals surface area contributed by atoms with Crippen LogP contribution < -0.4 is 0 Å². The first-order valence-electron chi connectivity index (χ1n) is 7.03. The summed E-state index contributed by atoms with van der Waals surface area (Å²) in [6, 6.07) is 0.801. The molecule has 0 spiro atoms. The zero-order valence-electron chi connectivity index (χ0n) is 11.0. The van der Waals surface area contributed by atoms with Crippen LogP contribution in [0.15, 0.2) is 0 Å². The van der Waals surface area contributed by atoms with Gasteiger partial charge < -0.3 is 4.90 Å². The van der Waals surface area contributed by atoms with Gasteiger partial charge in [0.1, 0.15) is 5.78 Å². The highest BCUT2D eigenvalue weighted by Crippen LogP contribution is 2.22. The predicted octanol–water partition coefficient (Wildman–Crippen LogP) is 3.40. The molecule has 0 atom stereocenters. The van der Waals surface area contributed by atoms with Crippen LogP contribution in [-0.2, 0) is 4.79 Å². The molecule has 0 aromatic rings. The average Bonchev–Trinajstić information content (AvgIpc) is 2.35. The van der Waals surface area contributed by atoms with E-state index >= 15 is 0 Å². The van der Waals surface area contributed by atoms with E-state index in [0.717, 1.165) is 32.0 Å². The Morgan fingerprint density at radius 1 is 1.19 bits per heavy atom. The second-order valence-electron chi connectivity index (χ2n) is 4.92. The number of Topliss-reactive ketones (excluding diaryl/α,β-unsaturated/α-hetero) is 1. The fourth-order valence-corrected chi connectivity index (χ4v) is 2.70. The summed E-state index contributed by atoms with van der Waals surface area (Å²) in [6.07, 6.45) is 9.49. The van der Waals surface area contributed by atoms with Crippen LogP contribution in [0.5, 0.6) is 0 Å². The van der Waals surface area contributed by atoms with Crippen molar-refractivity contribution in [3.05, 3.63) is 0 Å². The molecule has 0 saturated heterocycles. The summed E-state index contributed by atoms with van der Waals surface area (Å²) in [5.41, 5.74) is 0. The van der Waals surface area contributed by atoms with Gasteiger partial charge in [0.25, 0.3) is 0 Å². The van der Waals surface area contributed by atoms with Crippen molar-refractivity contribution in [2.24, 2.45) is 0 Å². The molecule has 2 nitrogen and oxygen atoms in total. The van der Waals surface area contributed by atoms with Crippen LogP contribution in [0, 0.1) is 0 Å². The number of rotatable bonds is 7. The second kappa shape index (κ2) is 7.83. The largest absolute Gasteiger partial charge is 0.301 e. The molecule has 94 valence electrons. The monoisotopic (exact) mass is 225 g/mol. The zero-order chi connectivity index (χ0) is 11.8. The Bertz CT molecular complexity index is 197. The standard InChI is InChI=1S/C14H27NO/c1-3-14(16)11-8-12-15(4-2)13-9-6-5-7-10-13/h13H,3-12H2,1-2H3. The van der Waals surface area contributed by atoms with E-state index in [0.29, 0.717) is 12.2 Å². The number of ketones is 1. The third-order valence-corrected chi connectivity index (χ3v) is 3.79. The Morgan fingerprint density at radius 3 is 2.44 bits per heavy atom. The van der Waals surface area contributed by atoms with E-state index in [1.807, 2.05) is 6.92 Å². The third kappa shape index (κ3) is 4.65. The van der Waals surface area contributed by atoms with Crippen LogP contribution in [0.4, 0.5) is 0 Å². The van der Waals surface area contributed by atoms with Gasteiger partial charge in [0.05, 0.1) is 0 Å². The summed E-state index contributed by atoms with van der Waals surface area (Å²) in [4.78, 5) is 13.8. The van der Waals surface area contributed by atoms with Gasteiger partial charge in [-0.2, -0.15) is 0 Å². The molecule has 0 heterocycles. The minimum Gasteiger partial charge on any atom is -0.301 e. The van der Waals surface area contributed by atoms with Gasteiger partial charge in [0.2, 0.25) is 0 Å². The first kappa shape index (κ1) is 13.7. The van der Waals surface area contributed by atoms with E-state index in [2.05, 4.69) is 11.8 Å². The van der Waals surface area contributed by atoms with E-state index in [9.17, 15) is 4.79 Å². The average molecular weight is 225 g/mol. The van der Waals surface area contributed by atoms with Crippen LogP contribution in [0.3, 0.4) is 0 Å². The molecule has 0 aliphatic heterocycles. The van der Waals surface area contributed by atoms with E-state index in [1.54, 1.807) is 0 Å². The lowest BCUT2D eigenvalue weighted by Gasteiger charge is -2.33. The molecule has 0 aromatic heterocycles. The Labute approximate surface area is 100 Å². The number of nitrogens with zero attached hydrogens (tertiary/aromatic N) is 1. The van der Waals surface area contributed by atoms with Crippen LogP contribution in [0.1, 0.15) is 65.2 Å². The smallest absolute Gasteiger partial charge is 0.132 e. The molecular formula is C14H27NO. The van der Waals surface area contributed by atoms with Crippen LogP contribution >= 0.6 is 0 Å². The van der Waals surface area contributed by atoms with E-state index in [-0.39, 0.29) is 0 Å². The minimum absolute atomic E-state index is 0.416. The van der Waals surface area contributed by atoms with Crippen molar-refractivity contribution in [2.45, 2.75) is 71.3 Å². The summed E-state index contributed by atoms with van der Waals surface area (Å²) in [5, 5.41) is 0. The molecular weight excluding hydrogens is 198 g/mol. The van der Waals surface area contributed by atoms with Crippen LogP contribution in [0.2, 0.25) is 0 Å². The number of carbonyl (C=O) groups is 1. The first-order chi connectivity index (χ1) is 7.77. The van der Waals surface area contributed by atoms with E-state index < -0.39 is 0 Å². The Morgan fingerprint density at radius 2 is 1.88 bits per heavy atom. The van der Waals surface area contributed by atoms with Crippen molar-refractivity contribution in [1.29, 1.82) is 0 Å². The maximum atomic E-state index is 11.2. The highest BCUT2D eigenvalue weighted by atomic mass is 16.1. The highest BCUT2D eigenvalue weighted by Gasteiger charge is 2.19. The number of hydrogen-bond donors (Lipinski definition) is 0. The SMILES string of the molecule is CCC(=O)CCCN(CC)C1CCCCC1. The van der Waals surface area contributed by atoms with Crippen LogP contribution in [-0.4, -0.2) is 29.8 Å². The van der Waals surface area contributed by atoms with Gasteiger partial charge in [-0.25, -0.2) is 0 Å². The summed E-state index contributed by atoms with van der Waals surface area (Å²) in [6.45, 7) is 6.47. The Hall–Kier alpha value is -0.370. The van der Waals surface area contributed by atoms with Gasteiger partial charge in [-0.05, 0) is 32.4 Å². The van der Waals surface area contributed by atoms with Gasteiger partial charge in [0, 0.05) is 18.9 Å². The summed E-state index contributed by atoms with van der Waals surface area (Å²) >= 11 is 0. The van der Waals surface area contributed by atoms with Gasteiger partial charge >= 0.3 is 0 Å². The van der Waals surface area contributed by atoms with E-state index in [1.165, 1.54) is 32.1 Å². The lowest BCUT2D eigenvalue weighted by Crippen LogP contribution is -2.37. The highest BCUT2D eigenvalue weighted by molar-refractivity contribution is 5.77. The van der Waals surface area contributed by atoms with Gasteiger partial charge in [0.15, 0.2) is 0 Å². The summed E-state index contributed by atoms with van der Waals surface area (Å²) < 4.78 is 0. The third-order valence-electron chi connectivity index (χ3n) is 3.79. The molecule has 1 saturated carbocycles. The molecule has 0 radical (unpaired) electrons. The topological polar surface area (TPSA) is 20.3 Å². The van der Waals surface area contributed by atoms with Gasteiger partial charge in [-0.15, -0.1) is 0 Å². The molecule has 1 fully saturated rings. The fourth-order valence-electron chi connectivity index (χ4n) is 2.70. The maximum absolute atomic E-state index is 11.2. The van der Waals surface area contributed by atoms with Crippen molar-refractivity contribution in [3.8, 4) is 0 Å². The number of carbonyl (C=O) groups excluding carboxylic acids is 1. The number of hydrogen-bond acceptors (Lipinski definition) is 2. The molecule has 1 aliphatic rings. The lowest BCUT2D eigenvalue weighted by molar-refractivity contribution is -0.118. The summed E-state index contributed by atoms with van der Waals surface area (Å²) in [7, 11) is 0. The Balaban J connectivity index is 2.22. The van der Waals surface area contributed by atoms with Crippen LogP contribution in [0.25, 0.3) is 0 Å². The quantitative estimate of drug-likeness (QED) is 0.662. The lowest BCUT2D eigenvalue weighted by atomic mass is 9.94. The normalized spacial score (nSPS) is 17.9. The molecule has 0 bridgehead atoms. The van der Waals surface area contributed by atoms with Crippen molar-refractivity contribution >= 4 is 5.78 Å². The summed E-state index contributed by atoms with van der Waals surface area (Å²) in [5.74, 6) is 0.416. The molecule has 1 rings (SSSR count). The molecule has 2 heteroatoms. The minimum atomic E-state index is 0.416. The zero-order valence-corrected chi connectivity index (χ0v) is 11.0. The molecule has 0 aromatic carbocycles. The van der Waals surface area contributed by atoms with Crippen molar-refractivity contribution < 1.29 is 4.79 Å². The maximum Gasteiger partial charge on any atom is 0.132 e. The van der Waals surface area contributed by atoms with Crippen molar-refractivity contribution in [2.75, 3.05) is 13.1 Å². The first-order valence-corrected chi connectivity index (χ1v) is 7.03. The van der Waals surface area contributed by atoms with E-state index in [4.69, 9.17) is 0 Å². The van der Waals surface area contributed by atoms with Crippen molar-refractivity contribution in [1.82, 2.24) is 4.90 Å². The van der Waals surface area contributed by atoms with Gasteiger partial charge in [-0.1, -0.05) is 33.1 Å². The van der Waals surface area contributed by atoms with Gasteiger partial charge in [-0.3, -0.25) is 4.79 Å². The fraction of sp³-hybridized carbons (Fsp3) is 0.929. The molecule has 0 unspecified atom stereocenters. The Kier molecular flexibility index (Phi) is 6.70. The molecule has 0 amide bonds. The predicted molar refractivity (Wildman–Crippen MR) is 68.7 cm³/mol. The molecule has 16 heavy (non-hydrogen) atoms.